The van der Waals surface area contributed by atoms with Crippen LogP contribution < -0.4 is 5.32 Å². The zero-order valence-electron chi connectivity index (χ0n) is 12.2. The molecule has 0 unspecified atom stereocenters. The van der Waals surface area contributed by atoms with E-state index in [1.807, 2.05) is 24.3 Å². The van der Waals surface area contributed by atoms with Gasteiger partial charge < -0.3 is 5.32 Å². The van der Waals surface area contributed by atoms with Crippen LogP contribution in [0.15, 0.2) is 56.7 Å². The fourth-order valence-corrected chi connectivity index (χ4v) is 3.76. The smallest absolute Gasteiger partial charge is 0.0462 e. The third-order valence-corrected chi connectivity index (χ3v) is 5.47. The normalized spacial score (nSPS) is 11.1. The number of halogens is 2. The van der Waals surface area contributed by atoms with Gasteiger partial charge in [-0.2, -0.15) is 0 Å². The molecular formula is C17H19BrClNS. The lowest BCUT2D eigenvalue weighted by atomic mass is 10.2. The van der Waals surface area contributed by atoms with Crippen LogP contribution in [0.5, 0.6) is 0 Å². The molecule has 0 saturated heterocycles. The molecule has 0 radical (unpaired) electrons. The molecule has 0 aromatic heterocycles. The van der Waals surface area contributed by atoms with Crippen molar-refractivity contribution >= 4 is 39.3 Å². The molecule has 1 nitrogen and oxygen atoms in total. The zero-order chi connectivity index (χ0) is 15.2. The van der Waals surface area contributed by atoms with Gasteiger partial charge in [-0.3, -0.25) is 0 Å². The third kappa shape index (κ3) is 5.03. The van der Waals surface area contributed by atoms with E-state index in [0.29, 0.717) is 5.92 Å². The van der Waals surface area contributed by atoms with Crippen molar-refractivity contribution in [3.63, 3.8) is 0 Å². The molecule has 2 aromatic rings. The van der Waals surface area contributed by atoms with Crippen molar-refractivity contribution in [2.75, 3.05) is 6.54 Å². The molecule has 0 saturated carbocycles. The number of hydrogen-bond donors (Lipinski definition) is 1. The van der Waals surface area contributed by atoms with Crippen molar-refractivity contribution in [1.82, 2.24) is 5.32 Å². The topological polar surface area (TPSA) is 12.0 Å². The summed E-state index contributed by atoms with van der Waals surface area (Å²) in [7, 11) is 0. The molecule has 0 aliphatic rings. The summed E-state index contributed by atoms with van der Waals surface area (Å²) >= 11 is 11.7. The second-order valence-corrected chi connectivity index (χ2v) is 7.62. The molecule has 0 atom stereocenters. The van der Waals surface area contributed by atoms with E-state index in [1.54, 1.807) is 11.8 Å². The van der Waals surface area contributed by atoms with E-state index < -0.39 is 0 Å². The van der Waals surface area contributed by atoms with Crippen molar-refractivity contribution in [2.45, 2.75) is 30.2 Å². The Morgan fingerprint density at radius 1 is 1.10 bits per heavy atom. The minimum Gasteiger partial charge on any atom is -0.312 e. The Labute approximate surface area is 144 Å². The Kier molecular flexibility index (Phi) is 6.62. The van der Waals surface area contributed by atoms with Crippen molar-refractivity contribution < 1.29 is 0 Å². The standard InChI is InChI=1S/C17H19BrClNS/c1-12(2)10-20-11-13-15(19)7-5-9-16(13)21-17-8-4-3-6-14(17)18/h3-9,12,20H,10-11H2,1-2H3. The lowest BCUT2D eigenvalue weighted by Gasteiger charge is -2.14. The van der Waals surface area contributed by atoms with Gasteiger partial charge in [-0.05, 0) is 58.2 Å². The van der Waals surface area contributed by atoms with E-state index in [4.69, 9.17) is 11.6 Å². The fraction of sp³-hybridized carbons (Fsp3) is 0.294. The van der Waals surface area contributed by atoms with Crippen molar-refractivity contribution in [3.8, 4) is 0 Å². The van der Waals surface area contributed by atoms with Crippen molar-refractivity contribution in [2.24, 2.45) is 5.92 Å². The van der Waals surface area contributed by atoms with Gasteiger partial charge in [-0.25, -0.2) is 0 Å². The molecule has 0 amide bonds. The van der Waals surface area contributed by atoms with Crippen LogP contribution in [0.3, 0.4) is 0 Å². The van der Waals surface area contributed by atoms with Gasteiger partial charge in [-0.15, -0.1) is 0 Å². The first kappa shape index (κ1) is 16.9. The van der Waals surface area contributed by atoms with E-state index in [0.717, 1.165) is 22.6 Å². The lowest BCUT2D eigenvalue weighted by molar-refractivity contribution is 0.550. The number of hydrogen-bond acceptors (Lipinski definition) is 2. The van der Waals surface area contributed by atoms with Gasteiger partial charge in [0, 0.05) is 25.8 Å². The van der Waals surface area contributed by atoms with Gasteiger partial charge in [0.1, 0.15) is 0 Å². The molecule has 1 N–H and O–H groups in total. The molecule has 0 aliphatic carbocycles. The molecule has 0 spiro atoms. The lowest BCUT2D eigenvalue weighted by Crippen LogP contribution is -2.19. The minimum atomic E-state index is 0.631. The summed E-state index contributed by atoms with van der Waals surface area (Å²) in [6.07, 6.45) is 0. The van der Waals surface area contributed by atoms with Crippen LogP contribution in [0.1, 0.15) is 19.4 Å². The van der Waals surface area contributed by atoms with Gasteiger partial charge in [0.15, 0.2) is 0 Å². The van der Waals surface area contributed by atoms with Crippen molar-refractivity contribution in [3.05, 3.63) is 57.5 Å². The third-order valence-electron chi connectivity index (χ3n) is 2.99. The average molecular weight is 385 g/mol. The number of rotatable bonds is 6. The summed E-state index contributed by atoms with van der Waals surface area (Å²) in [5.74, 6) is 0.631. The molecule has 2 rings (SSSR count). The van der Waals surface area contributed by atoms with Crippen LogP contribution in [-0.2, 0) is 6.54 Å². The monoisotopic (exact) mass is 383 g/mol. The molecule has 21 heavy (non-hydrogen) atoms. The van der Waals surface area contributed by atoms with Crippen LogP contribution in [0.25, 0.3) is 0 Å². The first-order chi connectivity index (χ1) is 10.1. The highest BCUT2D eigenvalue weighted by Crippen LogP contribution is 2.37. The summed E-state index contributed by atoms with van der Waals surface area (Å²) in [6.45, 7) is 6.20. The summed E-state index contributed by atoms with van der Waals surface area (Å²) in [5.41, 5.74) is 1.17. The number of benzene rings is 2. The average Bonchev–Trinajstić information content (AvgIpc) is 2.44. The number of nitrogens with one attached hydrogen (secondary N) is 1. The Bertz CT molecular complexity index is 601. The molecular weight excluding hydrogens is 366 g/mol. The highest BCUT2D eigenvalue weighted by molar-refractivity contribution is 9.10. The molecule has 0 fully saturated rings. The van der Waals surface area contributed by atoms with E-state index in [-0.39, 0.29) is 0 Å². The van der Waals surface area contributed by atoms with Crippen LogP contribution in [0.2, 0.25) is 5.02 Å². The Hall–Kier alpha value is -0.480. The van der Waals surface area contributed by atoms with E-state index >= 15 is 0 Å². The maximum atomic E-state index is 6.39. The SMILES string of the molecule is CC(C)CNCc1c(Cl)cccc1Sc1ccccc1Br. The zero-order valence-corrected chi connectivity index (χ0v) is 15.4. The van der Waals surface area contributed by atoms with E-state index in [9.17, 15) is 0 Å². The molecule has 0 bridgehead atoms. The molecule has 112 valence electrons. The van der Waals surface area contributed by atoms with E-state index in [2.05, 4.69) is 53.3 Å². The van der Waals surface area contributed by atoms with Crippen molar-refractivity contribution in [1.29, 1.82) is 0 Å². The quantitative estimate of drug-likeness (QED) is 0.655. The van der Waals surface area contributed by atoms with Gasteiger partial charge >= 0.3 is 0 Å². The molecule has 0 heterocycles. The first-order valence-corrected chi connectivity index (χ1v) is 8.97. The molecule has 4 heteroatoms. The largest absolute Gasteiger partial charge is 0.312 e. The summed E-state index contributed by atoms with van der Waals surface area (Å²) in [5, 5.41) is 4.30. The van der Waals surface area contributed by atoms with Gasteiger partial charge in [0.05, 0.1) is 0 Å². The van der Waals surface area contributed by atoms with Gasteiger partial charge in [0.2, 0.25) is 0 Å². The minimum absolute atomic E-state index is 0.631. The summed E-state index contributed by atoms with van der Waals surface area (Å²) in [4.78, 5) is 2.40. The second kappa shape index (κ2) is 8.23. The Balaban J connectivity index is 2.19. The first-order valence-electron chi connectivity index (χ1n) is 6.98. The highest BCUT2D eigenvalue weighted by Gasteiger charge is 2.10. The predicted molar refractivity (Wildman–Crippen MR) is 96.3 cm³/mol. The maximum absolute atomic E-state index is 6.39. The summed E-state index contributed by atoms with van der Waals surface area (Å²) in [6, 6.07) is 14.3. The van der Waals surface area contributed by atoms with Crippen LogP contribution in [0, 0.1) is 5.92 Å². The fourth-order valence-electron chi connectivity index (χ4n) is 1.94. The second-order valence-electron chi connectivity index (χ2n) is 5.27. The van der Waals surface area contributed by atoms with Crippen LogP contribution >= 0.6 is 39.3 Å². The van der Waals surface area contributed by atoms with Gasteiger partial charge in [0.25, 0.3) is 0 Å². The van der Waals surface area contributed by atoms with E-state index in [1.165, 1.54) is 15.4 Å². The van der Waals surface area contributed by atoms with Crippen LogP contribution in [0.4, 0.5) is 0 Å². The highest BCUT2D eigenvalue weighted by atomic mass is 79.9. The predicted octanol–water partition coefficient (Wildman–Crippen LogP) is 6.00. The molecule has 0 aliphatic heterocycles. The van der Waals surface area contributed by atoms with Gasteiger partial charge in [-0.1, -0.05) is 55.4 Å². The maximum Gasteiger partial charge on any atom is 0.0462 e. The molecule has 2 aromatic carbocycles. The van der Waals surface area contributed by atoms with Crippen LogP contribution in [-0.4, -0.2) is 6.54 Å². The Morgan fingerprint density at radius 3 is 2.52 bits per heavy atom. The Morgan fingerprint density at radius 2 is 1.81 bits per heavy atom. The summed E-state index contributed by atoms with van der Waals surface area (Å²) < 4.78 is 1.11.